The second-order valence-electron chi connectivity index (χ2n) is 8.27. The number of amides is 2. The summed E-state index contributed by atoms with van der Waals surface area (Å²) in [6.45, 7) is 1.84. The number of hydrogen-bond acceptors (Lipinski definition) is 4. The Hall–Kier alpha value is -4.57. The lowest BCUT2D eigenvalue weighted by atomic mass is 9.98. The molecule has 0 spiro atoms. The van der Waals surface area contributed by atoms with Gasteiger partial charge in [0.05, 0.1) is 11.3 Å². The third-order valence-electron chi connectivity index (χ3n) is 5.94. The molecule has 1 atom stereocenters. The number of carbonyl (C=O) groups is 3. The van der Waals surface area contributed by atoms with Gasteiger partial charge in [0.2, 0.25) is 5.91 Å². The van der Waals surface area contributed by atoms with Gasteiger partial charge in [-0.2, -0.15) is 0 Å². The van der Waals surface area contributed by atoms with Crippen molar-refractivity contribution in [3.8, 4) is 23.5 Å². The minimum atomic E-state index is -1.18. The van der Waals surface area contributed by atoms with Crippen molar-refractivity contribution < 1.29 is 24.2 Å². The largest absolute Gasteiger partial charge is 0.478 e. The number of ether oxygens (including phenoxy) is 1. The van der Waals surface area contributed by atoms with Gasteiger partial charge in [0.15, 0.2) is 0 Å². The van der Waals surface area contributed by atoms with Gasteiger partial charge < -0.3 is 20.5 Å². The van der Waals surface area contributed by atoms with Gasteiger partial charge in [-0.15, -0.1) is 12.3 Å². The Morgan fingerprint density at radius 3 is 2.26 bits per heavy atom. The maximum atomic E-state index is 12.8. The normalized spacial score (nSPS) is 12.6. The molecule has 0 bridgehead atoms. The van der Waals surface area contributed by atoms with E-state index in [4.69, 9.17) is 11.2 Å². The highest BCUT2D eigenvalue weighted by Gasteiger charge is 2.30. The Labute approximate surface area is 203 Å². The lowest BCUT2D eigenvalue weighted by molar-refractivity contribution is -0.118. The van der Waals surface area contributed by atoms with E-state index in [0.717, 1.165) is 27.8 Å². The van der Waals surface area contributed by atoms with Crippen molar-refractivity contribution >= 4 is 23.7 Å². The zero-order chi connectivity index (χ0) is 24.9. The Balaban J connectivity index is 1.43. The van der Waals surface area contributed by atoms with Gasteiger partial charge in [0.25, 0.3) is 0 Å². The topological polar surface area (TPSA) is 105 Å². The van der Waals surface area contributed by atoms with Crippen LogP contribution < -0.4 is 10.6 Å². The monoisotopic (exact) mass is 468 g/mol. The summed E-state index contributed by atoms with van der Waals surface area (Å²) >= 11 is 0. The molecule has 0 radical (unpaired) electrons. The molecule has 0 saturated carbocycles. The minimum Gasteiger partial charge on any atom is -0.478 e. The zero-order valence-electron chi connectivity index (χ0n) is 19.1. The first-order valence-electron chi connectivity index (χ1n) is 11.1. The van der Waals surface area contributed by atoms with Crippen molar-refractivity contribution in [3.05, 3.63) is 89.0 Å². The van der Waals surface area contributed by atoms with Gasteiger partial charge in [-0.05, 0) is 41.3 Å². The van der Waals surface area contributed by atoms with Crippen LogP contribution in [-0.2, 0) is 9.53 Å². The molecule has 3 aromatic rings. The highest BCUT2D eigenvalue weighted by atomic mass is 16.5. The molecular formula is C28H24N2O5. The van der Waals surface area contributed by atoms with Crippen LogP contribution in [0.25, 0.3) is 11.1 Å². The fourth-order valence-corrected chi connectivity index (χ4v) is 4.27. The van der Waals surface area contributed by atoms with Crippen molar-refractivity contribution in [1.29, 1.82) is 0 Å². The summed E-state index contributed by atoms with van der Waals surface area (Å²) < 4.78 is 5.50. The van der Waals surface area contributed by atoms with Gasteiger partial charge in [-0.1, -0.05) is 60.2 Å². The molecular weight excluding hydrogens is 444 g/mol. The third kappa shape index (κ3) is 5.02. The molecule has 2 amide bonds. The van der Waals surface area contributed by atoms with Gasteiger partial charge in [-0.3, -0.25) is 4.79 Å². The van der Waals surface area contributed by atoms with Crippen LogP contribution in [0.1, 0.15) is 39.4 Å². The molecule has 0 fully saturated rings. The summed E-state index contributed by atoms with van der Waals surface area (Å²) in [5.74, 6) is 0.421. The number of benzene rings is 3. The zero-order valence-corrected chi connectivity index (χ0v) is 19.1. The van der Waals surface area contributed by atoms with E-state index in [0.29, 0.717) is 0 Å². The molecule has 0 aliphatic heterocycles. The average Bonchev–Trinajstić information content (AvgIpc) is 3.17. The van der Waals surface area contributed by atoms with E-state index < -0.39 is 24.0 Å². The predicted molar refractivity (Wildman–Crippen MR) is 132 cm³/mol. The van der Waals surface area contributed by atoms with E-state index in [2.05, 4.69) is 16.6 Å². The van der Waals surface area contributed by atoms with Crippen molar-refractivity contribution in [2.45, 2.75) is 25.3 Å². The summed E-state index contributed by atoms with van der Waals surface area (Å²) in [6.07, 6.45) is 4.52. The van der Waals surface area contributed by atoms with Crippen LogP contribution >= 0.6 is 0 Å². The molecule has 7 nitrogen and oxygen atoms in total. The molecule has 1 aliphatic rings. The standard InChI is InChI=1S/C28H24N2O5/c1-3-8-25(26(31)29-24-14-13-17(2)15-22(24)27(32)33)30-28(34)35-16-23-20-11-6-4-9-18(20)19-10-5-7-12-21(19)23/h1,4-7,9-15,23,25H,8,16H2,2H3,(H,29,31)(H,30,34)(H,32,33). The van der Waals surface area contributed by atoms with E-state index in [1.807, 2.05) is 48.5 Å². The SMILES string of the molecule is C#CCC(NC(=O)OCC1c2ccccc2-c2ccccc21)C(=O)Nc1ccc(C)cc1C(=O)O. The molecule has 176 valence electrons. The highest BCUT2D eigenvalue weighted by molar-refractivity contribution is 6.03. The first-order valence-corrected chi connectivity index (χ1v) is 11.1. The van der Waals surface area contributed by atoms with Crippen LogP contribution in [0.3, 0.4) is 0 Å². The summed E-state index contributed by atoms with van der Waals surface area (Å²) in [5, 5.41) is 14.5. The quantitative estimate of drug-likeness (QED) is 0.441. The number of aromatic carboxylic acids is 1. The molecule has 7 heteroatoms. The number of carbonyl (C=O) groups excluding carboxylic acids is 2. The van der Waals surface area contributed by atoms with Crippen LogP contribution in [0.15, 0.2) is 66.7 Å². The van der Waals surface area contributed by atoms with Gasteiger partial charge in [-0.25, -0.2) is 9.59 Å². The van der Waals surface area contributed by atoms with Crippen LogP contribution in [0, 0.1) is 19.3 Å². The number of terminal acetylenes is 1. The third-order valence-corrected chi connectivity index (χ3v) is 5.94. The van der Waals surface area contributed by atoms with Crippen molar-refractivity contribution in [2.24, 2.45) is 0 Å². The molecule has 35 heavy (non-hydrogen) atoms. The summed E-state index contributed by atoms with van der Waals surface area (Å²) in [4.78, 5) is 37.0. The summed E-state index contributed by atoms with van der Waals surface area (Å²) in [7, 11) is 0. The fourth-order valence-electron chi connectivity index (χ4n) is 4.27. The van der Waals surface area contributed by atoms with Gasteiger partial charge in [0, 0.05) is 12.3 Å². The number of aryl methyl sites for hydroxylation is 1. The number of hydrogen-bond donors (Lipinski definition) is 3. The molecule has 1 aliphatic carbocycles. The van der Waals surface area contributed by atoms with Crippen LogP contribution in [0.2, 0.25) is 0 Å². The average molecular weight is 469 g/mol. The minimum absolute atomic E-state index is 0.0565. The van der Waals surface area contributed by atoms with E-state index >= 15 is 0 Å². The van der Waals surface area contributed by atoms with E-state index in [1.54, 1.807) is 13.0 Å². The maximum absolute atomic E-state index is 12.8. The van der Waals surface area contributed by atoms with Crippen LogP contribution in [0.5, 0.6) is 0 Å². The number of nitrogens with one attached hydrogen (secondary N) is 2. The Bertz CT molecular complexity index is 1300. The van der Waals surface area contributed by atoms with E-state index in [-0.39, 0.29) is 30.2 Å². The number of carboxylic acid groups (broad SMARTS) is 1. The smallest absolute Gasteiger partial charge is 0.407 e. The Kier molecular flexibility index (Phi) is 6.83. The Morgan fingerprint density at radius 2 is 1.66 bits per heavy atom. The summed E-state index contributed by atoms with van der Waals surface area (Å²) in [6, 6.07) is 19.5. The number of fused-ring (bicyclic) bond motifs is 3. The molecule has 0 saturated heterocycles. The first-order chi connectivity index (χ1) is 16.9. The molecule has 0 heterocycles. The van der Waals surface area contributed by atoms with Crippen LogP contribution in [0.4, 0.5) is 10.5 Å². The number of rotatable bonds is 7. The summed E-state index contributed by atoms with van der Waals surface area (Å²) in [5.41, 5.74) is 5.14. The predicted octanol–water partition coefficient (Wildman–Crippen LogP) is 4.56. The van der Waals surface area contributed by atoms with Crippen LogP contribution in [-0.4, -0.2) is 35.7 Å². The Morgan fingerprint density at radius 1 is 1.03 bits per heavy atom. The van der Waals surface area contributed by atoms with Crippen molar-refractivity contribution in [1.82, 2.24) is 5.32 Å². The number of carboxylic acids is 1. The lowest BCUT2D eigenvalue weighted by Gasteiger charge is -2.19. The second kappa shape index (κ2) is 10.1. The number of anilines is 1. The molecule has 4 rings (SSSR count). The highest BCUT2D eigenvalue weighted by Crippen LogP contribution is 2.44. The fraction of sp³-hybridized carbons (Fsp3) is 0.179. The first kappa shape index (κ1) is 23.6. The molecule has 3 N–H and O–H groups in total. The number of alkyl carbamates (subject to hydrolysis) is 1. The molecule has 0 aromatic heterocycles. The van der Waals surface area contributed by atoms with E-state index in [9.17, 15) is 19.5 Å². The molecule has 3 aromatic carbocycles. The van der Waals surface area contributed by atoms with Crippen molar-refractivity contribution in [3.63, 3.8) is 0 Å². The molecule has 1 unspecified atom stereocenters. The van der Waals surface area contributed by atoms with Gasteiger partial charge >= 0.3 is 12.1 Å². The maximum Gasteiger partial charge on any atom is 0.407 e. The second-order valence-corrected chi connectivity index (χ2v) is 8.27. The van der Waals surface area contributed by atoms with Gasteiger partial charge in [0.1, 0.15) is 12.6 Å². The lowest BCUT2D eigenvalue weighted by Crippen LogP contribution is -2.44. The van der Waals surface area contributed by atoms with E-state index in [1.165, 1.54) is 12.1 Å². The van der Waals surface area contributed by atoms with Crippen molar-refractivity contribution in [2.75, 3.05) is 11.9 Å².